The van der Waals surface area contributed by atoms with Crippen LogP contribution in [0.15, 0.2) is 6.33 Å². The van der Waals surface area contributed by atoms with E-state index in [2.05, 4.69) is 25.9 Å². The number of hydrogen-bond acceptors (Lipinski definition) is 6. The molecule has 20 heavy (non-hydrogen) atoms. The van der Waals surface area contributed by atoms with Gasteiger partial charge in [0, 0.05) is 39.2 Å². The van der Waals surface area contributed by atoms with Crippen LogP contribution in [0, 0.1) is 0 Å². The molecule has 0 saturated carbocycles. The summed E-state index contributed by atoms with van der Waals surface area (Å²) in [7, 11) is 3.43. The minimum atomic E-state index is -0.00417. The van der Waals surface area contributed by atoms with Gasteiger partial charge in [-0.3, -0.25) is 4.79 Å². The number of ether oxygens (including phenoxy) is 1. The van der Waals surface area contributed by atoms with Gasteiger partial charge in [0.15, 0.2) is 0 Å². The van der Waals surface area contributed by atoms with E-state index < -0.39 is 0 Å². The van der Waals surface area contributed by atoms with Gasteiger partial charge in [0.25, 0.3) is 0 Å². The van der Waals surface area contributed by atoms with Crippen LogP contribution in [0.4, 0.5) is 11.6 Å². The van der Waals surface area contributed by atoms with Crippen molar-refractivity contribution in [3.8, 4) is 0 Å². The van der Waals surface area contributed by atoms with E-state index in [0.717, 1.165) is 23.6 Å². The molecule has 0 fully saturated rings. The highest BCUT2D eigenvalue weighted by molar-refractivity contribution is 5.76. The number of nitrogens with one attached hydrogen (secondary N) is 3. The Morgan fingerprint density at radius 3 is 2.70 bits per heavy atom. The van der Waals surface area contributed by atoms with E-state index in [0.29, 0.717) is 26.1 Å². The Balaban J connectivity index is 2.44. The largest absolute Gasteiger partial charge is 0.383 e. The summed E-state index contributed by atoms with van der Waals surface area (Å²) in [6.07, 6.45) is 2.72. The van der Waals surface area contributed by atoms with E-state index in [1.54, 1.807) is 7.11 Å². The van der Waals surface area contributed by atoms with Gasteiger partial charge in [-0.15, -0.1) is 0 Å². The minimum absolute atomic E-state index is 0.00417. The monoisotopic (exact) mass is 281 g/mol. The zero-order chi connectivity index (χ0) is 14.8. The lowest BCUT2D eigenvalue weighted by Crippen LogP contribution is -2.28. The normalized spacial score (nSPS) is 10.2. The van der Waals surface area contributed by atoms with Crippen molar-refractivity contribution >= 4 is 17.5 Å². The molecular weight excluding hydrogens is 258 g/mol. The molecule has 7 heteroatoms. The fourth-order valence-corrected chi connectivity index (χ4v) is 1.79. The molecular formula is C13H23N5O2. The molecule has 1 rings (SSSR count). The molecule has 1 aromatic rings. The van der Waals surface area contributed by atoms with Gasteiger partial charge < -0.3 is 20.7 Å². The molecule has 1 amide bonds. The van der Waals surface area contributed by atoms with E-state index >= 15 is 0 Å². The molecule has 0 aliphatic heterocycles. The van der Waals surface area contributed by atoms with Crippen LogP contribution in [0.25, 0.3) is 0 Å². The first-order valence-electron chi connectivity index (χ1n) is 6.74. The molecule has 0 bridgehead atoms. The predicted molar refractivity (Wildman–Crippen MR) is 78.9 cm³/mol. The van der Waals surface area contributed by atoms with Gasteiger partial charge in [-0.25, -0.2) is 9.97 Å². The predicted octanol–water partition coefficient (Wildman–Crippen LogP) is 0.645. The van der Waals surface area contributed by atoms with Crippen LogP contribution in [0.5, 0.6) is 0 Å². The Hall–Kier alpha value is -1.89. The van der Waals surface area contributed by atoms with Crippen LogP contribution in [0.2, 0.25) is 0 Å². The molecule has 7 nitrogen and oxygen atoms in total. The number of nitrogens with zero attached hydrogens (tertiary/aromatic N) is 2. The Bertz CT molecular complexity index is 425. The van der Waals surface area contributed by atoms with Crippen LogP contribution >= 0.6 is 0 Å². The van der Waals surface area contributed by atoms with E-state index in [1.165, 1.54) is 6.33 Å². The van der Waals surface area contributed by atoms with Crippen molar-refractivity contribution in [2.75, 3.05) is 44.5 Å². The first-order chi connectivity index (χ1) is 9.72. The van der Waals surface area contributed by atoms with Crippen molar-refractivity contribution in [2.45, 2.75) is 19.8 Å². The minimum Gasteiger partial charge on any atom is -0.383 e. The number of rotatable bonds is 9. The van der Waals surface area contributed by atoms with Crippen molar-refractivity contribution in [1.82, 2.24) is 15.3 Å². The van der Waals surface area contributed by atoms with E-state index in [4.69, 9.17) is 4.74 Å². The second-order valence-corrected chi connectivity index (χ2v) is 4.17. The summed E-state index contributed by atoms with van der Waals surface area (Å²) >= 11 is 0. The Morgan fingerprint density at radius 1 is 1.30 bits per heavy atom. The maximum atomic E-state index is 11.5. The molecule has 3 N–H and O–H groups in total. The molecule has 0 unspecified atom stereocenters. The molecule has 0 aliphatic rings. The summed E-state index contributed by atoms with van der Waals surface area (Å²) in [6.45, 7) is 3.64. The summed E-state index contributed by atoms with van der Waals surface area (Å²) in [4.78, 5) is 19.9. The van der Waals surface area contributed by atoms with Crippen molar-refractivity contribution in [1.29, 1.82) is 0 Å². The summed E-state index contributed by atoms with van der Waals surface area (Å²) in [5.41, 5.74) is 1.02. The fraction of sp³-hybridized carbons (Fsp3) is 0.615. The number of hydrogen-bond donors (Lipinski definition) is 3. The van der Waals surface area contributed by atoms with Crippen LogP contribution in [0.3, 0.4) is 0 Å². The number of amides is 1. The second kappa shape index (κ2) is 9.08. The molecule has 0 radical (unpaired) electrons. The molecule has 1 heterocycles. The number of anilines is 2. The third-order valence-corrected chi connectivity index (χ3v) is 2.81. The highest BCUT2D eigenvalue weighted by atomic mass is 16.5. The second-order valence-electron chi connectivity index (χ2n) is 4.17. The Labute approximate surface area is 119 Å². The van der Waals surface area contributed by atoms with E-state index in [9.17, 15) is 4.79 Å². The van der Waals surface area contributed by atoms with E-state index in [1.807, 2.05) is 14.0 Å². The Kier molecular flexibility index (Phi) is 7.34. The lowest BCUT2D eigenvalue weighted by molar-refractivity contribution is -0.121. The SMILES string of the molecule is CCc1c(NC)ncnc1NCCC(=O)NCCOC. The maximum Gasteiger partial charge on any atom is 0.221 e. The summed E-state index contributed by atoms with van der Waals surface area (Å²) < 4.78 is 4.87. The number of aromatic nitrogens is 2. The summed E-state index contributed by atoms with van der Waals surface area (Å²) in [5, 5.41) is 8.99. The van der Waals surface area contributed by atoms with Gasteiger partial charge in [-0.05, 0) is 6.42 Å². The van der Waals surface area contributed by atoms with Crippen molar-refractivity contribution in [3.05, 3.63) is 11.9 Å². The summed E-state index contributed by atoms with van der Waals surface area (Å²) in [5.74, 6) is 1.58. The third-order valence-electron chi connectivity index (χ3n) is 2.81. The lowest BCUT2D eigenvalue weighted by atomic mass is 10.2. The van der Waals surface area contributed by atoms with Crippen molar-refractivity contribution in [3.63, 3.8) is 0 Å². The first-order valence-corrected chi connectivity index (χ1v) is 6.74. The van der Waals surface area contributed by atoms with Gasteiger partial charge in [-0.1, -0.05) is 6.92 Å². The Morgan fingerprint density at radius 2 is 2.05 bits per heavy atom. The average molecular weight is 281 g/mol. The quantitative estimate of drug-likeness (QED) is 0.576. The maximum absolute atomic E-state index is 11.5. The van der Waals surface area contributed by atoms with Gasteiger partial charge in [-0.2, -0.15) is 0 Å². The van der Waals surface area contributed by atoms with Gasteiger partial charge >= 0.3 is 0 Å². The lowest BCUT2D eigenvalue weighted by Gasteiger charge is -2.12. The van der Waals surface area contributed by atoms with Crippen LogP contribution in [-0.2, 0) is 16.0 Å². The molecule has 0 atom stereocenters. The smallest absolute Gasteiger partial charge is 0.221 e. The molecule has 0 spiro atoms. The standard InChI is InChI=1S/C13H23N5O2/c1-4-10-12(14-2)17-9-18-13(10)16-6-5-11(19)15-7-8-20-3/h9H,4-8H2,1-3H3,(H,15,19)(H2,14,16,17,18). The number of carbonyl (C=O) groups excluding carboxylic acids is 1. The zero-order valence-corrected chi connectivity index (χ0v) is 12.3. The molecule has 0 aliphatic carbocycles. The molecule has 1 aromatic heterocycles. The van der Waals surface area contributed by atoms with Crippen LogP contribution in [-0.4, -0.2) is 49.7 Å². The topological polar surface area (TPSA) is 88.2 Å². The third kappa shape index (κ3) is 5.00. The molecule has 112 valence electrons. The first kappa shape index (κ1) is 16.2. The van der Waals surface area contributed by atoms with Crippen molar-refractivity contribution in [2.24, 2.45) is 0 Å². The zero-order valence-electron chi connectivity index (χ0n) is 12.3. The summed E-state index contributed by atoms with van der Waals surface area (Å²) in [6, 6.07) is 0. The molecule has 0 saturated heterocycles. The highest BCUT2D eigenvalue weighted by Crippen LogP contribution is 2.19. The number of methoxy groups -OCH3 is 1. The van der Waals surface area contributed by atoms with Crippen LogP contribution in [0.1, 0.15) is 18.9 Å². The van der Waals surface area contributed by atoms with E-state index in [-0.39, 0.29) is 5.91 Å². The molecule has 0 aromatic carbocycles. The van der Waals surface area contributed by atoms with Crippen molar-refractivity contribution < 1.29 is 9.53 Å². The van der Waals surface area contributed by atoms with Gasteiger partial charge in [0.1, 0.15) is 18.0 Å². The van der Waals surface area contributed by atoms with Crippen LogP contribution < -0.4 is 16.0 Å². The average Bonchev–Trinajstić information content (AvgIpc) is 2.47. The van der Waals surface area contributed by atoms with Gasteiger partial charge in [0.2, 0.25) is 5.91 Å². The highest BCUT2D eigenvalue weighted by Gasteiger charge is 2.08. The van der Waals surface area contributed by atoms with Gasteiger partial charge in [0.05, 0.1) is 6.61 Å². The number of carbonyl (C=O) groups is 1. The fourth-order valence-electron chi connectivity index (χ4n) is 1.79.